The molecule has 15 heteroatoms. The number of aromatic hydroxyl groups is 1. The first kappa shape index (κ1) is 32.9. The van der Waals surface area contributed by atoms with E-state index in [4.69, 9.17) is 0 Å². The Morgan fingerprint density at radius 2 is 0.951 bits per heavy atom. The molecule has 0 heterocycles. The van der Waals surface area contributed by atoms with Crippen molar-refractivity contribution in [3.05, 3.63) is 101 Å². The zero-order chi connectivity index (χ0) is 28.1. The van der Waals surface area contributed by atoms with Gasteiger partial charge in [-0.1, -0.05) is 48.5 Å². The number of carbonyl (C=O) groups excluding carboxylic acids is 2. The van der Waals surface area contributed by atoms with E-state index >= 15 is 0 Å². The number of para-hydroxylation sites is 2. The fourth-order valence-corrected chi connectivity index (χ4v) is 5.61. The SMILES string of the molecule is O=C1c2ccccc2C(=O)c2c(O)c(Nc3ccccc3S(=O)(=O)[O-])cc(Nc3ccccc3S(=O)(=O)[O-])c21.[Na+].[Na+]. The van der Waals surface area contributed by atoms with Crippen LogP contribution < -0.4 is 69.7 Å². The maximum Gasteiger partial charge on any atom is 1.00 e. The predicted octanol–water partition coefficient (Wildman–Crippen LogP) is -2.53. The average Bonchev–Trinajstić information content (AvgIpc) is 2.88. The molecule has 1 aliphatic carbocycles. The molecule has 5 rings (SSSR count). The van der Waals surface area contributed by atoms with Crippen molar-refractivity contribution < 1.29 is 99.8 Å². The molecule has 0 fully saturated rings. The van der Waals surface area contributed by atoms with Crippen molar-refractivity contribution in [2.75, 3.05) is 10.6 Å². The smallest absolute Gasteiger partial charge is 0.744 e. The molecule has 0 saturated carbocycles. The van der Waals surface area contributed by atoms with Crippen LogP contribution >= 0.6 is 0 Å². The first-order chi connectivity index (χ1) is 18.4. The summed E-state index contributed by atoms with van der Waals surface area (Å²) in [6, 6.07) is 17.1. The molecule has 0 saturated heterocycles. The summed E-state index contributed by atoms with van der Waals surface area (Å²) in [6.07, 6.45) is 0. The van der Waals surface area contributed by atoms with Gasteiger partial charge in [0.1, 0.15) is 20.2 Å². The van der Waals surface area contributed by atoms with Gasteiger partial charge in [0.25, 0.3) is 0 Å². The van der Waals surface area contributed by atoms with Gasteiger partial charge >= 0.3 is 59.1 Å². The van der Waals surface area contributed by atoms with Gasteiger partial charge in [-0.3, -0.25) is 9.59 Å². The van der Waals surface area contributed by atoms with E-state index in [-0.39, 0.29) is 98.6 Å². The Morgan fingerprint density at radius 3 is 1.41 bits per heavy atom. The van der Waals surface area contributed by atoms with Gasteiger partial charge in [-0.25, -0.2) is 16.8 Å². The van der Waals surface area contributed by atoms with Crippen LogP contribution in [0.4, 0.5) is 22.7 Å². The van der Waals surface area contributed by atoms with E-state index in [1.807, 2.05) is 0 Å². The van der Waals surface area contributed by atoms with Crippen LogP contribution in [0.25, 0.3) is 0 Å². The molecule has 0 aromatic heterocycles. The molecule has 198 valence electrons. The van der Waals surface area contributed by atoms with Crippen molar-refractivity contribution in [2.24, 2.45) is 0 Å². The fourth-order valence-electron chi connectivity index (χ4n) is 4.34. The number of fused-ring (bicyclic) bond motifs is 2. The number of phenolic OH excluding ortho intramolecular Hbond substituents is 1. The predicted molar refractivity (Wildman–Crippen MR) is 137 cm³/mol. The normalized spacial score (nSPS) is 12.3. The van der Waals surface area contributed by atoms with Crippen molar-refractivity contribution >= 4 is 54.6 Å². The van der Waals surface area contributed by atoms with E-state index in [1.54, 1.807) is 0 Å². The minimum absolute atomic E-state index is 0. The summed E-state index contributed by atoms with van der Waals surface area (Å²) < 4.78 is 70.9. The summed E-state index contributed by atoms with van der Waals surface area (Å²) in [5.41, 5.74) is -1.61. The molecule has 0 spiro atoms. The Morgan fingerprint density at radius 1 is 0.561 bits per heavy atom. The summed E-state index contributed by atoms with van der Waals surface area (Å²) in [6.45, 7) is 0. The van der Waals surface area contributed by atoms with Crippen LogP contribution in [0.15, 0.2) is 88.7 Å². The molecule has 1 aliphatic rings. The number of ketones is 2. The van der Waals surface area contributed by atoms with E-state index in [0.29, 0.717) is 0 Å². The molecule has 0 bridgehead atoms. The van der Waals surface area contributed by atoms with Crippen LogP contribution in [-0.2, 0) is 20.2 Å². The van der Waals surface area contributed by atoms with E-state index in [1.165, 1.54) is 60.7 Å². The van der Waals surface area contributed by atoms with Crippen LogP contribution in [0.1, 0.15) is 31.8 Å². The third kappa shape index (κ3) is 6.29. The van der Waals surface area contributed by atoms with Crippen molar-refractivity contribution in [3.8, 4) is 5.75 Å². The third-order valence-electron chi connectivity index (χ3n) is 6.02. The van der Waals surface area contributed by atoms with Crippen LogP contribution in [0, 0.1) is 0 Å². The van der Waals surface area contributed by atoms with Gasteiger partial charge in [-0.2, -0.15) is 0 Å². The maximum atomic E-state index is 13.5. The van der Waals surface area contributed by atoms with E-state index in [0.717, 1.165) is 18.2 Å². The molecule has 4 aromatic rings. The third-order valence-corrected chi connectivity index (χ3v) is 7.81. The molecule has 0 unspecified atom stereocenters. The second-order valence-corrected chi connectivity index (χ2v) is 11.1. The molecule has 11 nitrogen and oxygen atoms in total. The zero-order valence-corrected chi connectivity index (χ0v) is 27.2. The molecule has 3 N–H and O–H groups in total. The summed E-state index contributed by atoms with van der Waals surface area (Å²) >= 11 is 0. The minimum atomic E-state index is -4.97. The quantitative estimate of drug-likeness (QED) is 0.0795. The van der Waals surface area contributed by atoms with E-state index in [9.17, 15) is 40.6 Å². The van der Waals surface area contributed by atoms with Crippen molar-refractivity contribution in [1.82, 2.24) is 0 Å². The second-order valence-electron chi connectivity index (χ2n) is 8.42. The summed E-state index contributed by atoms with van der Waals surface area (Å²) in [4.78, 5) is 25.7. The van der Waals surface area contributed by atoms with Gasteiger partial charge in [-0.05, 0) is 30.3 Å². The number of benzene rings is 4. The number of phenols is 1. The van der Waals surface area contributed by atoms with E-state index < -0.39 is 52.9 Å². The minimum Gasteiger partial charge on any atom is -0.744 e. The number of hydrogen-bond donors (Lipinski definition) is 3. The Kier molecular flexibility index (Phi) is 9.93. The molecule has 41 heavy (non-hydrogen) atoms. The van der Waals surface area contributed by atoms with Crippen LogP contribution in [0.5, 0.6) is 5.75 Å². The van der Waals surface area contributed by atoms with Crippen molar-refractivity contribution in [3.63, 3.8) is 0 Å². The van der Waals surface area contributed by atoms with E-state index in [2.05, 4.69) is 10.6 Å². The van der Waals surface area contributed by atoms with Gasteiger partial charge in [0, 0.05) is 11.1 Å². The molecule has 0 radical (unpaired) electrons. The zero-order valence-electron chi connectivity index (χ0n) is 21.5. The molecule has 0 aliphatic heterocycles. The molecule has 4 aromatic carbocycles. The number of rotatable bonds is 6. The fraction of sp³-hybridized carbons (Fsp3) is 0. The van der Waals surface area contributed by atoms with Crippen LogP contribution in [-0.4, -0.2) is 42.6 Å². The van der Waals surface area contributed by atoms with Gasteiger partial charge < -0.3 is 24.8 Å². The molecule has 0 amide bonds. The Balaban J connectivity index is 0.00000231. The summed E-state index contributed by atoms with van der Waals surface area (Å²) in [5, 5.41) is 16.5. The van der Waals surface area contributed by atoms with Gasteiger partial charge in [-0.15, -0.1) is 0 Å². The van der Waals surface area contributed by atoms with Crippen molar-refractivity contribution in [2.45, 2.75) is 9.79 Å². The Labute approximate surface area is 279 Å². The van der Waals surface area contributed by atoms with Crippen molar-refractivity contribution in [1.29, 1.82) is 0 Å². The second kappa shape index (κ2) is 12.4. The molecular formula is C26H16N2Na2O9S2. The van der Waals surface area contributed by atoms with Crippen LogP contribution in [0.3, 0.4) is 0 Å². The number of carbonyl (C=O) groups is 2. The van der Waals surface area contributed by atoms with Crippen LogP contribution in [0.2, 0.25) is 0 Å². The number of hydrogen-bond acceptors (Lipinski definition) is 11. The standard InChI is InChI=1S/C26H18N2O9S2.2Na/c29-24-14-7-1-2-8-15(14)25(30)23-22(24)18(27-16-9-3-5-11-20(16)38(32,33)34)13-19(26(23)31)28-17-10-4-6-12-21(17)39(35,36)37;;/h1-13,27-28,31H,(H,32,33,34)(H,35,36,37);;/q;2*+1/p-2. The average molecular weight is 611 g/mol. The van der Waals surface area contributed by atoms with Gasteiger partial charge in [0.15, 0.2) is 17.3 Å². The number of anilines is 4. The first-order valence-corrected chi connectivity index (χ1v) is 13.9. The summed E-state index contributed by atoms with van der Waals surface area (Å²) in [7, 11) is -9.92. The van der Waals surface area contributed by atoms with Gasteiger partial charge in [0.05, 0.1) is 43.7 Å². The Bertz CT molecular complexity index is 1930. The monoisotopic (exact) mass is 610 g/mol. The number of nitrogens with one attached hydrogen (secondary N) is 2. The first-order valence-electron chi connectivity index (χ1n) is 11.1. The maximum absolute atomic E-state index is 13.5. The molecule has 0 atom stereocenters. The Hall–Kier alpha value is -2.56. The molecular weight excluding hydrogens is 594 g/mol. The largest absolute Gasteiger partial charge is 1.00 e. The topological polar surface area (TPSA) is 193 Å². The summed E-state index contributed by atoms with van der Waals surface area (Å²) in [5.74, 6) is -2.13. The van der Waals surface area contributed by atoms with Gasteiger partial charge in [0.2, 0.25) is 0 Å².